The molecule has 1 aliphatic heterocycles. The summed E-state index contributed by atoms with van der Waals surface area (Å²) >= 11 is 0. The maximum atomic E-state index is 12.1. The van der Waals surface area contributed by atoms with Crippen LogP contribution in [0.25, 0.3) is 0 Å². The van der Waals surface area contributed by atoms with Crippen molar-refractivity contribution in [1.29, 1.82) is 0 Å². The van der Waals surface area contributed by atoms with E-state index in [1.54, 1.807) is 12.2 Å². The minimum absolute atomic E-state index is 0.222. The van der Waals surface area contributed by atoms with Gasteiger partial charge in [0.2, 0.25) is 0 Å². The van der Waals surface area contributed by atoms with E-state index in [9.17, 15) is 4.79 Å². The van der Waals surface area contributed by atoms with Crippen molar-refractivity contribution < 1.29 is 19.2 Å². The highest BCUT2D eigenvalue weighted by Crippen LogP contribution is 2.20. The van der Waals surface area contributed by atoms with Gasteiger partial charge in [0, 0.05) is 0 Å². The fraction of sp³-hybridized carbons (Fsp3) is 0.606. The Labute approximate surface area is 226 Å². The number of carbonyl (C=O) groups excluding carboxylic acids is 1. The third-order valence-corrected chi connectivity index (χ3v) is 7.25. The van der Waals surface area contributed by atoms with Crippen LogP contribution in [0.5, 0.6) is 0 Å². The van der Waals surface area contributed by atoms with Gasteiger partial charge in [-0.1, -0.05) is 109 Å². The van der Waals surface area contributed by atoms with Crippen molar-refractivity contribution in [2.24, 2.45) is 0 Å². The summed E-state index contributed by atoms with van der Waals surface area (Å²) in [5.41, 5.74) is 2.02. The zero-order valence-corrected chi connectivity index (χ0v) is 23.9. The van der Waals surface area contributed by atoms with Gasteiger partial charge in [-0.3, -0.25) is 9.69 Å². The Morgan fingerprint density at radius 2 is 1.03 bits per heavy atom. The molecule has 0 aromatic rings. The van der Waals surface area contributed by atoms with Gasteiger partial charge in [0.1, 0.15) is 0 Å². The zero-order chi connectivity index (χ0) is 26.6. The topological polar surface area (TPSA) is 40.0 Å². The first-order chi connectivity index (χ1) is 18.2. The summed E-state index contributed by atoms with van der Waals surface area (Å²) in [7, 11) is 3.00. The Kier molecular flexibility index (Phi) is 16.5. The predicted molar refractivity (Wildman–Crippen MR) is 155 cm³/mol. The average Bonchev–Trinajstić information content (AvgIpc) is 2.92. The molecule has 0 unspecified atom stereocenters. The van der Waals surface area contributed by atoms with Crippen molar-refractivity contribution in [2.75, 3.05) is 20.8 Å². The molecule has 1 aliphatic carbocycles. The maximum Gasteiger partial charge on any atom is 0.261 e. The van der Waals surface area contributed by atoms with Crippen LogP contribution in [0.3, 0.4) is 0 Å². The highest BCUT2D eigenvalue weighted by atomic mass is 16.5. The van der Waals surface area contributed by atoms with Crippen molar-refractivity contribution in [3.8, 4) is 0 Å². The first kappa shape index (κ1) is 30.9. The Bertz CT molecular complexity index is 802. The molecule has 0 spiro atoms. The van der Waals surface area contributed by atoms with E-state index in [1.807, 2.05) is 6.08 Å². The van der Waals surface area contributed by atoms with Crippen LogP contribution in [-0.4, -0.2) is 26.5 Å². The van der Waals surface area contributed by atoms with Gasteiger partial charge in [0.25, 0.3) is 5.78 Å². The van der Waals surface area contributed by atoms with E-state index in [0.29, 0.717) is 11.5 Å². The van der Waals surface area contributed by atoms with Crippen molar-refractivity contribution in [2.45, 2.75) is 110 Å². The van der Waals surface area contributed by atoms with E-state index >= 15 is 0 Å². The fourth-order valence-electron chi connectivity index (χ4n) is 4.86. The van der Waals surface area contributed by atoms with Crippen LogP contribution in [0.15, 0.2) is 71.5 Å². The molecule has 1 heterocycles. The predicted octanol–water partition coefficient (Wildman–Crippen LogP) is 7.67. The number of rotatable bonds is 20. The largest absolute Gasteiger partial charge is 0.492 e. The third-order valence-electron chi connectivity index (χ3n) is 7.25. The molecule has 0 aromatic carbocycles. The van der Waals surface area contributed by atoms with Gasteiger partial charge in [-0.05, 0) is 48.3 Å². The minimum Gasteiger partial charge on any atom is -0.492 e. The molecule has 37 heavy (non-hydrogen) atoms. The highest BCUT2D eigenvalue weighted by Gasteiger charge is 2.21. The van der Waals surface area contributed by atoms with Gasteiger partial charge in [-0.25, -0.2) is 0 Å². The number of unbranched alkanes of at least 4 members (excludes halogenated alkanes) is 15. The molecule has 0 saturated heterocycles. The second kappa shape index (κ2) is 19.7. The second-order valence-corrected chi connectivity index (χ2v) is 10.4. The zero-order valence-electron chi connectivity index (χ0n) is 23.9. The van der Waals surface area contributed by atoms with Crippen molar-refractivity contribution >= 4 is 5.78 Å². The van der Waals surface area contributed by atoms with Gasteiger partial charge in [0.15, 0.2) is 11.5 Å². The summed E-state index contributed by atoms with van der Waals surface area (Å²) in [4.78, 5) is 13.5. The monoisotopic (exact) mass is 510 g/mol. The summed E-state index contributed by atoms with van der Waals surface area (Å²) in [6.45, 7) is 3.44. The third kappa shape index (κ3) is 13.2. The Morgan fingerprint density at radius 3 is 1.46 bits per heavy atom. The molecule has 0 aromatic heterocycles. The normalized spacial score (nSPS) is 17.1. The van der Waals surface area contributed by atoms with Gasteiger partial charge in [0.05, 0.1) is 33.2 Å². The number of nitrogens with one attached hydrogen (secondary N) is 1. The lowest BCUT2D eigenvalue weighted by molar-refractivity contribution is -0.791. The van der Waals surface area contributed by atoms with Crippen LogP contribution < -0.4 is 4.90 Å². The molecule has 206 valence electrons. The van der Waals surface area contributed by atoms with Crippen LogP contribution >= 0.6 is 0 Å². The number of ketones is 1. The molecular weight excluding hydrogens is 458 g/mol. The number of quaternary nitrogens is 1. The number of hydrogen-bond donors (Lipinski definition) is 1. The molecule has 4 nitrogen and oxygen atoms in total. The average molecular weight is 511 g/mol. The molecule has 2 aliphatic rings. The first-order valence-corrected chi connectivity index (χ1v) is 14.9. The standard InChI is InChI=1S/C33H51NO3/c1-4-5-6-7-8-9-10-11-12-13-14-15-16-17-18-19-24-34-25-22-29(23-26-34)20-21-30-27-31(36-2)33(35)32(28-30)37-3/h20-23,25-28H,4-19,24H2,1-3H3/p+1. The van der Waals surface area contributed by atoms with Gasteiger partial charge in [-0.2, -0.15) is 0 Å². The fourth-order valence-corrected chi connectivity index (χ4v) is 4.86. The molecular formula is C33H52NO3+. The van der Waals surface area contributed by atoms with E-state index in [0.717, 1.165) is 17.7 Å². The van der Waals surface area contributed by atoms with Gasteiger partial charge >= 0.3 is 0 Å². The smallest absolute Gasteiger partial charge is 0.261 e. The van der Waals surface area contributed by atoms with Crippen LogP contribution in [0, 0.1) is 0 Å². The molecule has 0 atom stereocenters. The van der Waals surface area contributed by atoms with Crippen molar-refractivity contribution in [3.05, 3.63) is 71.5 Å². The summed E-state index contributed by atoms with van der Waals surface area (Å²) in [6, 6.07) is 0. The number of carbonyl (C=O) groups is 1. The number of Topliss-reactive ketones (excluding diaryl/α,β-unsaturated/α-hetero) is 1. The number of methoxy groups -OCH3 is 2. The Hall–Kier alpha value is -2.33. The van der Waals surface area contributed by atoms with E-state index in [-0.39, 0.29) is 5.78 Å². The summed E-state index contributed by atoms with van der Waals surface area (Å²) in [6.07, 6.45) is 38.8. The van der Waals surface area contributed by atoms with E-state index in [1.165, 1.54) is 122 Å². The van der Waals surface area contributed by atoms with Gasteiger partial charge < -0.3 is 9.47 Å². The molecule has 2 rings (SSSR count). The second-order valence-electron chi connectivity index (χ2n) is 10.4. The molecule has 4 heteroatoms. The molecule has 0 fully saturated rings. The summed E-state index contributed by atoms with van der Waals surface area (Å²) in [5, 5.41) is 0. The van der Waals surface area contributed by atoms with Crippen molar-refractivity contribution in [3.63, 3.8) is 0 Å². The number of ether oxygens (including phenoxy) is 2. The lowest BCUT2D eigenvalue weighted by atomic mass is 10.0. The summed E-state index contributed by atoms with van der Waals surface area (Å²) in [5.74, 6) is 0.377. The molecule has 0 saturated carbocycles. The lowest BCUT2D eigenvalue weighted by Crippen LogP contribution is -3.03. The summed E-state index contributed by atoms with van der Waals surface area (Å²) < 4.78 is 10.4. The molecule has 0 radical (unpaired) electrons. The van der Waals surface area contributed by atoms with E-state index in [2.05, 4.69) is 37.6 Å². The minimum atomic E-state index is -0.222. The quantitative estimate of drug-likeness (QED) is 0.171. The maximum absolute atomic E-state index is 12.1. The van der Waals surface area contributed by atoms with Crippen LogP contribution in [0.2, 0.25) is 0 Å². The Balaban J connectivity index is 1.50. The van der Waals surface area contributed by atoms with Crippen LogP contribution in [0.4, 0.5) is 0 Å². The van der Waals surface area contributed by atoms with E-state index in [4.69, 9.17) is 9.47 Å². The molecule has 0 bridgehead atoms. The molecule has 0 amide bonds. The molecule has 1 N–H and O–H groups in total. The van der Waals surface area contributed by atoms with Crippen molar-refractivity contribution in [1.82, 2.24) is 0 Å². The number of allylic oxidation sites excluding steroid dienone is 8. The number of hydrogen-bond acceptors (Lipinski definition) is 3. The van der Waals surface area contributed by atoms with Crippen LogP contribution in [-0.2, 0) is 14.3 Å². The lowest BCUT2D eigenvalue weighted by Gasteiger charge is -2.14. The SMILES string of the molecule is CCCCCCCCCCCCCCCCCC[NH+]1C=CC(=CC=C2C=C(OC)C(=O)C(OC)=C2)C=C1. The van der Waals surface area contributed by atoms with Gasteiger partial charge in [-0.15, -0.1) is 0 Å². The Morgan fingerprint density at radius 1 is 0.622 bits per heavy atom. The van der Waals surface area contributed by atoms with E-state index < -0.39 is 0 Å². The van der Waals surface area contributed by atoms with Crippen LogP contribution in [0.1, 0.15) is 110 Å². The highest BCUT2D eigenvalue weighted by molar-refractivity contribution is 6.07. The first-order valence-electron chi connectivity index (χ1n) is 14.9.